The highest BCUT2D eigenvalue weighted by atomic mass is 16.6. The Morgan fingerprint density at radius 2 is 1.49 bits per heavy atom. The molecule has 1 saturated carbocycles. The van der Waals surface area contributed by atoms with Gasteiger partial charge in [0.25, 0.3) is 5.78 Å². The Balaban J connectivity index is 2.29. The zero-order valence-corrected chi connectivity index (χ0v) is 31.7. The van der Waals surface area contributed by atoms with Crippen molar-refractivity contribution in [3.8, 4) is 0 Å². The number of ketones is 1. The number of rotatable bonds is 16. The van der Waals surface area contributed by atoms with Crippen LogP contribution in [0, 0.1) is 5.92 Å². The molecule has 15 nitrogen and oxygen atoms in total. The molecule has 3 N–H and O–H groups in total. The van der Waals surface area contributed by atoms with E-state index in [9.17, 15) is 38.7 Å². The lowest BCUT2D eigenvalue weighted by Crippen LogP contribution is -2.58. The molecule has 51 heavy (non-hydrogen) atoms. The first-order chi connectivity index (χ1) is 23.7. The minimum atomic E-state index is -1.31. The molecule has 2 rings (SSSR count). The molecule has 290 valence electrons. The quantitative estimate of drug-likeness (QED) is 0.0886. The van der Waals surface area contributed by atoms with Crippen molar-refractivity contribution in [3.63, 3.8) is 0 Å². The molecule has 1 aliphatic heterocycles. The number of carbonyl (C=O) groups excluding carboxylic acids is 6. The molecule has 0 aromatic heterocycles. The summed E-state index contributed by atoms with van der Waals surface area (Å²) in [4.78, 5) is 93.7. The van der Waals surface area contributed by atoms with Crippen molar-refractivity contribution in [1.82, 2.24) is 20.4 Å². The third kappa shape index (κ3) is 15.5. The normalized spacial score (nSPS) is 18.0. The van der Waals surface area contributed by atoms with Crippen LogP contribution in [0.5, 0.6) is 0 Å². The number of unbranched alkanes of at least 4 members (excludes halogenated alkanes) is 1. The number of nitrogens with zero attached hydrogens (tertiary/aromatic N) is 2. The molecule has 0 bridgehead atoms. The van der Waals surface area contributed by atoms with Gasteiger partial charge in [0.1, 0.15) is 29.8 Å². The molecule has 2 fully saturated rings. The van der Waals surface area contributed by atoms with Gasteiger partial charge in [0.05, 0.1) is 12.1 Å². The molecule has 0 aromatic rings. The second-order valence-electron chi connectivity index (χ2n) is 15.8. The number of carbonyl (C=O) groups is 7. The van der Waals surface area contributed by atoms with E-state index >= 15 is 0 Å². The van der Waals surface area contributed by atoms with E-state index in [2.05, 4.69) is 10.6 Å². The number of ether oxygens (including phenoxy) is 3. The van der Waals surface area contributed by atoms with Crippen molar-refractivity contribution in [2.75, 3.05) is 19.6 Å². The number of aliphatic carboxylic acids is 1. The topological polar surface area (TPSA) is 198 Å². The van der Waals surface area contributed by atoms with Crippen LogP contribution in [0.1, 0.15) is 126 Å². The number of carboxylic acid groups (broad SMARTS) is 1. The summed E-state index contributed by atoms with van der Waals surface area (Å²) in [5.41, 5.74) is -1.62. The Hall–Kier alpha value is -3.91. The Morgan fingerprint density at radius 1 is 0.863 bits per heavy atom. The molecule has 2 aliphatic rings. The van der Waals surface area contributed by atoms with Gasteiger partial charge in [-0.15, -0.1) is 0 Å². The lowest BCUT2D eigenvalue weighted by molar-refractivity contribution is -0.158. The molecule has 1 aliphatic carbocycles. The minimum absolute atomic E-state index is 0.0593. The van der Waals surface area contributed by atoms with E-state index in [1.807, 2.05) is 0 Å². The maximum absolute atomic E-state index is 14.4. The van der Waals surface area contributed by atoms with E-state index in [0.717, 1.165) is 37.0 Å². The number of carboxylic acids is 1. The SMILES string of the molecule is CC(C)OC(=O)C(=O)[C@H](CCCCNC(=O)OC(C)(C)C)NC(=O)[C@@H]1CCCN1C(=O)[C@@H](CC1CCCCC1)N(CC(=O)O)C(=O)OC(C)(C)C. The van der Waals surface area contributed by atoms with Crippen molar-refractivity contribution < 1.29 is 52.9 Å². The number of nitrogens with one attached hydrogen (secondary N) is 2. The van der Waals surface area contributed by atoms with Crippen molar-refractivity contribution in [2.45, 2.75) is 161 Å². The molecule has 4 amide bonds. The third-order valence-electron chi connectivity index (χ3n) is 8.48. The van der Waals surface area contributed by atoms with Gasteiger partial charge in [0.15, 0.2) is 0 Å². The fourth-order valence-corrected chi connectivity index (χ4v) is 6.29. The first kappa shape index (κ1) is 43.3. The van der Waals surface area contributed by atoms with Crippen LogP contribution in [0.4, 0.5) is 9.59 Å². The molecule has 1 saturated heterocycles. The molecule has 0 radical (unpaired) electrons. The number of esters is 1. The van der Waals surface area contributed by atoms with Crippen molar-refractivity contribution >= 4 is 41.7 Å². The maximum Gasteiger partial charge on any atom is 0.411 e. The Bertz CT molecular complexity index is 1230. The van der Waals surface area contributed by atoms with Crippen LogP contribution in [0.2, 0.25) is 0 Å². The fourth-order valence-electron chi connectivity index (χ4n) is 6.29. The van der Waals surface area contributed by atoms with Gasteiger partial charge < -0.3 is 34.9 Å². The zero-order chi connectivity index (χ0) is 38.5. The monoisotopic (exact) mass is 724 g/mol. The lowest BCUT2D eigenvalue weighted by Gasteiger charge is -2.37. The van der Waals surface area contributed by atoms with Crippen molar-refractivity contribution in [1.29, 1.82) is 0 Å². The van der Waals surface area contributed by atoms with Crippen LogP contribution in [-0.4, -0.2) is 112 Å². The second kappa shape index (κ2) is 19.6. The zero-order valence-electron chi connectivity index (χ0n) is 31.7. The molecule has 0 spiro atoms. The van der Waals surface area contributed by atoms with Crippen LogP contribution < -0.4 is 10.6 Å². The van der Waals surface area contributed by atoms with Crippen LogP contribution in [0.25, 0.3) is 0 Å². The average Bonchev–Trinajstić information content (AvgIpc) is 3.50. The lowest BCUT2D eigenvalue weighted by atomic mass is 9.84. The average molecular weight is 725 g/mol. The summed E-state index contributed by atoms with van der Waals surface area (Å²) >= 11 is 0. The maximum atomic E-state index is 14.4. The minimum Gasteiger partial charge on any atom is -0.480 e. The summed E-state index contributed by atoms with van der Waals surface area (Å²) in [6, 6.07) is -3.48. The molecule has 3 atom stereocenters. The summed E-state index contributed by atoms with van der Waals surface area (Å²) < 4.78 is 15.9. The van der Waals surface area contributed by atoms with Gasteiger partial charge >= 0.3 is 24.1 Å². The van der Waals surface area contributed by atoms with E-state index in [-0.39, 0.29) is 38.3 Å². The molecule has 1 heterocycles. The Kier molecular flexibility index (Phi) is 16.6. The number of hydrogen-bond acceptors (Lipinski definition) is 10. The van der Waals surface area contributed by atoms with Gasteiger partial charge in [-0.05, 0) is 99.8 Å². The first-order valence-electron chi connectivity index (χ1n) is 18.2. The van der Waals surface area contributed by atoms with Gasteiger partial charge in [-0.2, -0.15) is 0 Å². The summed E-state index contributed by atoms with van der Waals surface area (Å²) in [6.45, 7) is 13.0. The van der Waals surface area contributed by atoms with Gasteiger partial charge in [0.2, 0.25) is 11.8 Å². The molecule has 0 aromatic carbocycles. The molecule has 0 unspecified atom stereocenters. The predicted molar refractivity (Wildman–Crippen MR) is 187 cm³/mol. The Labute approximate surface area is 301 Å². The van der Waals surface area contributed by atoms with E-state index in [0.29, 0.717) is 19.3 Å². The van der Waals surface area contributed by atoms with Crippen LogP contribution >= 0.6 is 0 Å². The number of likely N-dealkylation sites (tertiary alicyclic amines) is 1. The van der Waals surface area contributed by atoms with Crippen LogP contribution in [0.3, 0.4) is 0 Å². The summed E-state index contributed by atoms with van der Waals surface area (Å²) in [5, 5.41) is 15.1. The van der Waals surface area contributed by atoms with Crippen molar-refractivity contribution in [2.24, 2.45) is 5.92 Å². The van der Waals surface area contributed by atoms with E-state index in [1.54, 1.807) is 55.4 Å². The number of amides is 4. The molecular weight excluding hydrogens is 664 g/mol. The van der Waals surface area contributed by atoms with E-state index in [4.69, 9.17) is 14.2 Å². The highest BCUT2D eigenvalue weighted by Gasteiger charge is 2.44. The van der Waals surface area contributed by atoms with Crippen molar-refractivity contribution in [3.05, 3.63) is 0 Å². The van der Waals surface area contributed by atoms with Gasteiger partial charge in [0, 0.05) is 13.1 Å². The second-order valence-corrected chi connectivity index (χ2v) is 15.8. The summed E-state index contributed by atoms with van der Waals surface area (Å²) in [6.07, 6.45) is 4.27. The first-order valence-corrected chi connectivity index (χ1v) is 18.2. The van der Waals surface area contributed by atoms with Crippen LogP contribution in [0.15, 0.2) is 0 Å². The number of hydrogen-bond donors (Lipinski definition) is 3. The van der Waals surface area contributed by atoms with E-state index < -0.39 is 83.7 Å². The third-order valence-corrected chi connectivity index (χ3v) is 8.48. The van der Waals surface area contributed by atoms with Gasteiger partial charge in [-0.3, -0.25) is 24.1 Å². The van der Waals surface area contributed by atoms with Crippen LogP contribution in [-0.2, 0) is 38.2 Å². The van der Waals surface area contributed by atoms with Gasteiger partial charge in [-0.1, -0.05) is 32.1 Å². The van der Waals surface area contributed by atoms with E-state index in [1.165, 1.54) is 4.90 Å². The number of Topliss-reactive ketones (excluding diaryl/α,β-unsaturated/α-hetero) is 1. The predicted octanol–water partition coefficient (Wildman–Crippen LogP) is 4.34. The largest absolute Gasteiger partial charge is 0.480 e. The van der Waals surface area contributed by atoms with Gasteiger partial charge in [-0.25, -0.2) is 14.4 Å². The highest BCUT2D eigenvalue weighted by molar-refractivity contribution is 6.36. The standard InChI is InChI=1S/C36H60N4O11/c1-23(2)49-32(46)29(43)25(17-12-13-19-37-33(47)50-35(3,4)5)38-30(44)26-18-14-20-39(26)31(45)27(21-24-15-10-9-11-16-24)40(22-28(41)42)34(48)51-36(6,7)8/h23-27H,9-22H2,1-8H3,(H,37,47)(H,38,44)(H,41,42)/t25-,26-,27+/m0/s1. The smallest absolute Gasteiger partial charge is 0.411 e. The highest BCUT2D eigenvalue weighted by Crippen LogP contribution is 2.31. The molecular formula is C36H60N4O11. The number of alkyl carbamates (subject to hydrolysis) is 1. The molecule has 15 heteroatoms. The summed E-state index contributed by atoms with van der Waals surface area (Å²) in [5.74, 6) is -4.51. The fraction of sp³-hybridized carbons (Fsp3) is 0.806. The Morgan fingerprint density at radius 3 is 2.06 bits per heavy atom. The summed E-state index contributed by atoms with van der Waals surface area (Å²) in [7, 11) is 0.